The van der Waals surface area contributed by atoms with E-state index in [0.29, 0.717) is 11.1 Å². The number of furan rings is 1. The highest BCUT2D eigenvalue weighted by molar-refractivity contribution is 6.26. The van der Waals surface area contributed by atoms with Gasteiger partial charge in [0.2, 0.25) is 0 Å². The van der Waals surface area contributed by atoms with Gasteiger partial charge in [-0.25, -0.2) is 0 Å². The van der Waals surface area contributed by atoms with Gasteiger partial charge < -0.3 is 18.1 Å². The molecule has 4 heterocycles. The molecule has 0 aliphatic carbocycles. The number of hydrogen-bond acceptors (Lipinski definition) is 3. The minimum absolute atomic E-state index is 0.511. The minimum Gasteiger partial charge on any atom is -0.454 e. The van der Waals surface area contributed by atoms with Gasteiger partial charge >= 0.3 is 0 Å². The van der Waals surface area contributed by atoms with Gasteiger partial charge in [0.25, 0.3) is 0 Å². The zero-order valence-corrected chi connectivity index (χ0v) is 33.0. The molecule has 0 N–H and O–H groups in total. The molecule has 0 aliphatic rings. The summed E-state index contributed by atoms with van der Waals surface area (Å²) in [5.41, 5.74) is 13.4. The molecular weight excluding hydrogens is 759 g/mol. The van der Waals surface area contributed by atoms with Gasteiger partial charge in [-0.2, -0.15) is 10.5 Å². The summed E-state index contributed by atoms with van der Waals surface area (Å²) in [6.45, 7) is 0. The Kier molecular flexibility index (Phi) is 7.05. The molecule has 6 heteroatoms. The third kappa shape index (κ3) is 4.72. The van der Waals surface area contributed by atoms with Crippen molar-refractivity contribution >= 4 is 87.4 Å². The first-order valence-corrected chi connectivity index (χ1v) is 20.6. The first-order chi connectivity index (χ1) is 30.7. The molecule has 9 aromatic carbocycles. The summed E-state index contributed by atoms with van der Waals surface area (Å²) in [5, 5.41) is 30.1. The summed E-state index contributed by atoms with van der Waals surface area (Å²) in [6.07, 6.45) is 0. The minimum atomic E-state index is 0.511. The maximum absolute atomic E-state index is 10.7. The van der Waals surface area contributed by atoms with Gasteiger partial charge in [0.1, 0.15) is 5.58 Å². The molecule has 0 saturated carbocycles. The van der Waals surface area contributed by atoms with E-state index in [2.05, 4.69) is 159 Å². The summed E-state index contributed by atoms with van der Waals surface area (Å²) in [5.74, 6) is 0. The van der Waals surface area contributed by atoms with Crippen LogP contribution in [0.3, 0.4) is 0 Å². The smallest absolute Gasteiger partial charge is 0.160 e. The van der Waals surface area contributed by atoms with E-state index in [4.69, 9.17) is 4.42 Å². The van der Waals surface area contributed by atoms with Crippen molar-refractivity contribution in [2.24, 2.45) is 0 Å². The molecule has 0 saturated heterocycles. The highest BCUT2D eigenvalue weighted by Gasteiger charge is 2.23. The summed E-state index contributed by atoms with van der Waals surface area (Å²) >= 11 is 0. The summed E-state index contributed by atoms with van der Waals surface area (Å²) in [6, 6.07) is 69.9. The quantitative estimate of drug-likeness (QED) is 0.178. The number of hydrogen-bond donors (Lipinski definition) is 0. The van der Waals surface area contributed by atoms with Crippen molar-refractivity contribution in [3.63, 3.8) is 0 Å². The molecule has 0 spiro atoms. The largest absolute Gasteiger partial charge is 0.454 e. The molecule has 0 atom stereocenters. The monoisotopic (exact) mass is 789 g/mol. The zero-order chi connectivity index (χ0) is 41.1. The van der Waals surface area contributed by atoms with Crippen LogP contribution in [0.5, 0.6) is 0 Å². The van der Waals surface area contributed by atoms with Gasteiger partial charge in [0, 0.05) is 60.2 Å². The molecule has 6 nitrogen and oxygen atoms in total. The van der Waals surface area contributed by atoms with Gasteiger partial charge in [-0.15, -0.1) is 0 Å². The number of fused-ring (bicyclic) bond motifs is 14. The van der Waals surface area contributed by atoms with Crippen LogP contribution in [-0.2, 0) is 0 Å². The van der Waals surface area contributed by atoms with Crippen LogP contribution in [0.4, 0.5) is 0 Å². The average molecular weight is 790 g/mol. The Bertz CT molecular complexity index is 4130. The highest BCUT2D eigenvalue weighted by atomic mass is 16.3. The Hall–Kier alpha value is -8.84. The molecule has 62 heavy (non-hydrogen) atoms. The third-order valence-electron chi connectivity index (χ3n) is 12.6. The number of aromatic nitrogens is 3. The van der Waals surface area contributed by atoms with E-state index in [1.807, 2.05) is 54.6 Å². The van der Waals surface area contributed by atoms with Crippen LogP contribution in [0.1, 0.15) is 11.1 Å². The Morgan fingerprint density at radius 1 is 0.355 bits per heavy atom. The van der Waals surface area contributed by atoms with Crippen LogP contribution in [0, 0.1) is 22.7 Å². The normalized spacial score (nSPS) is 11.8. The number of rotatable bonds is 4. The molecular formula is C56H31N5O. The second kappa shape index (κ2) is 12.8. The second-order valence-electron chi connectivity index (χ2n) is 15.9. The molecule has 13 rings (SSSR count). The maximum atomic E-state index is 10.7. The van der Waals surface area contributed by atoms with Crippen LogP contribution >= 0.6 is 0 Å². The van der Waals surface area contributed by atoms with E-state index in [9.17, 15) is 10.5 Å². The standard InChI is InChI=1S/C56H31N5O/c57-32-34-26-36(37-27-35(33-58)29-40(31-37)61-49-19-9-5-15-42(49)45-22-23-46-43-16-7-11-21-52(43)62-56(46)55(45)61)30-39(28-34)60-48-18-8-4-14-41(48)44-24-25-51-53(54(44)60)47-17-6-10-20-50(47)59(51)38-12-2-1-3-13-38/h1-31H. The lowest BCUT2D eigenvalue weighted by Crippen LogP contribution is -1.98. The van der Waals surface area contributed by atoms with Gasteiger partial charge in [0.15, 0.2) is 5.58 Å². The van der Waals surface area contributed by atoms with E-state index in [1.54, 1.807) is 0 Å². The Morgan fingerprint density at radius 2 is 0.855 bits per heavy atom. The van der Waals surface area contributed by atoms with Crippen molar-refractivity contribution < 1.29 is 4.42 Å². The molecule has 0 amide bonds. The summed E-state index contributed by atoms with van der Waals surface area (Å²) in [7, 11) is 0. The lowest BCUT2D eigenvalue weighted by Gasteiger charge is -2.14. The van der Waals surface area contributed by atoms with E-state index in [1.165, 1.54) is 0 Å². The van der Waals surface area contributed by atoms with E-state index in [0.717, 1.165) is 116 Å². The zero-order valence-electron chi connectivity index (χ0n) is 33.0. The van der Waals surface area contributed by atoms with Gasteiger partial charge in [0.05, 0.1) is 56.4 Å². The molecule has 0 aliphatic heterocycles. The van der Waals surface area contributed by atoms with Crippen molar-refractivity contribution in [3.8, 4) is 40.3 Å². The number of benzene rings is 9. The fourth-order valence-electron chi connectivity index (χ4n) is 10.1. The van der Waals surface area contributed by atoms with Crippen molar-refractivity contribution in [2.75, 3.05) is 0 Å². The fourth-order valence-corrected chi connectivity index (χ4v) is 10.1. The predicted molar refractivity (Wildman–Crippen MR) is 252 cm³/mol. The molecule has 4 aromatic heterocycles. The van der Waals surface area contributed by atoms with Crippen molar-refractivity contribution in [1.82, 2.24) is 13.7 Å². The van der Waals surface area contributed by atoms with E-state index >= 15 is 0 Å². The average Bonchev–Trinajstić information content (AvgIpc) is 4.08. The fraction of sp³-hybridized carbons (Fsp3) is 0. The molecule has 286 valence electrons. The van der Waals surface area contributed by atoms with Gasteiger partial charge in [-0.1, -0.05) is 103 Å². The lowest BCUT2D eigenvalue weighted by molar-refractivity contribution is 0.671. The van der Waals surface area contributed by atoms with Gasteiger partial charge in [-0.05, 0) is 96.1 Å². The molecule has 0 radical (unpaired) electrons. The third-order valence-corrected chi connectivity index (χ3v) is 12.6. The summed E-state index contributed by atoms with van der Waals surface area (Å²) < 4.78 is 13.5. The Balaban J connectivity index is 1.09. The van der Waals surface area contributed by atoms with E-state index < -0.39 is 0 Å². The second-order valence-corrected chi connectivity index (χ2v) is 15.9. The molecule has 0 fully saturated rings. The van der Waals surface area contributed by atoms with Crippen LogP contribution < -0.4 is 0 Å². The molecule has 13 aromatic rings. The van der Waals surface area contributed by atoms with Gasteiger partial charge in [-0.3, -0.25) is 0 Å². The maximum Gasteiger partial charge on any atom is 0.160 e. The van der Waals surface area contributed by atoms with Crippen LogP contribution in [0.2, 0.25) is 0 Å². The van der Waals surface area contributed by atoms with Crippen molar-refractivity contribution in [3.05, 3.63) is 199 Å². The van der Waals surface area contributed by atoms with Crippen LogP contribution in [0.25, 0.3) is 116 Å². The molecule has 0 unspecified atom stereocenters. The molecule has 0 bridgehead atoms. The Labute approximate surface area is 354 Å². The SMILES string of the molecule is N#Cc1cc(-c2cc(C#N)cc(-n3c4ccccc4c4ccc5c(c6ccccc6n5-c5ccccc5)c43)c2)cc(-n2c3ccccc3c3ccc4c5ccccc5oc4c32)c1. The predicted octanol–water partition coefficient (Wildman–Crippen LogP) is 14.3. The number of nitrogens with zero attached hydrogens (tertiary/aromatic N) is 5. The Morgan fingerprint density at radius 3 is 1.50 bits per heavy atom. The van der Waals surface area contributed by atoms with Crippen LogP contribution in [0.15, 0.2) is 192 Å². The first kappa shape index (κ1) is 34.1. The summed E-state index contributed by atoms with van der Waals surface area (Å²) in [4.78, 5) is 0. The number of nitriles is 2. The van der Waals surface area contributed by atoms with Crippen molar-refractivity contribution in [1.29, 1.82) is 10.5 Å². The number of para-hydroxylation sites is 5. The first-order valence-electron chi connectivity index (χ1n) is 20.6. The lowest BCUT2D eigenvalue weighted by atomic mass is 9.99. The van der Waals surface area contributed by atoms with E-state index in [-0.39, 0.29) is 0 Å². The van der Waals surface area contributed by atoms with Crippen LogP contribution in [-0.4, -0.2) is 13.7 Å². The topological polar surface area (TPSA) is 75.5 Å². The van der Waals surface area contributed by atoms with Crippen molar-refractivity contribution in [2.45, 2.75) is 0 Å². The highest BCUT2D eigenvalue weighted by Crippen LogP contribution is 2.44.